The fraction of sp³-hybridized carbons (Fsp3) is 0.917. The molecular formula is C12H24NO3+. The largest absolute Gasteiger partial charge is 0.508 e. The zero-order valence-electron chi connectivity index (χ0n) is 10.9. The summed E-state index contributed by atoms with van der Waals surface area (Å²) in [5, 5.41) is 0. The van der Waals surface area contributed by atoms with Crippen molar-refractivity contribution in [3.63, 3.8) is 0 Å². The normalized spacial score (nSPS) is 22.8. The molecule has 2 unspecified atom stereocenters. The molecule has 0 N–H and O–H groups in total. The van der Waals surface area contributed by atoms with Gasteiger partial charge < -0.3 is 14.0 Å². The molecule has 16 heavy (non-hydrogen) atoms. The van der Waals surface area contributed by atoms with Gasteiger partial charge in [-0.05, 0) is 27.7 Å². The van der Waals surface area contributed by atoms with Crippen LogP contribution in [-0.2, 0) is 9.47 Å². The number of carbonyl (C=O) groups excluding carboxylic acids is 1. The minimum Gasteiger partial charge on any atom is -0.430 e. The van der Waals surface area contributed by atoms with Crippen molar-refractivity contribution in [3.8, 4) is 0 Å². The zero-order valence-corrected chi connectivity index (χ0v) is 10.9. The third kappa shape index (κ3) is 2.67. The second-order valence-corrected chi connectivity index (χ2v) is 4.55. The average Bonchev–Trinajstić information content (AvgIpc) is 2.67. The number of cyclic esters (lactones) is 2. The van der Waals surface area contributed by atoms with Crippen molar-refractivity contribution >= 4 is 6.16 Å². The first-order valence-electron chi connectivity index (χ1n) is 6.27. The molecule has 0 spiro atoms. The Kier molecular flexibility index (Phi) is 4.59. The Morgan fingerprint density at radius 2 is 1.88 bits per heavy atom. The summed E-state index contributed by atoms with van der Waals surface area (Å²) in [6, 6.07) is 0.500. The van der Waals surface area contributed by atoms with E-state index in [2.05, 4.69) is 27.7 Å². The summed E-state index contributed by atoms with van der Waals surface area (Å²) in [6.07, 6.45) is 0.325. The van der Waals surface area contributed by atoms with Gasteiger partial charge in [0.25, 0.3) is 0 Å². The van der Waals surface area contributed by atoms with E-state index < -0.39 is 6.16 Å². The molecule has 94 valence electrons. The van der Waals surface area contributed by atoms with Crippen molar-refractivity contribution in [3.05, 3.63) is 0 Å². The van der Waals surface area contributed by atoms with E-state index in [1.807, 2.05) is 0 Å². The summed E-state index contributed by atoms with van der Waals surface area (Å²) in [6.45, 7) is 12.7. The van der Waals surface area contributed by atoms with Gasteiger partial charge in [-0.3, -0.25) is 0 Å². The number of nitrogens with zero attached hydrogens (tertiary/aromatic N) is 1. The van der Waals surface area contributed by atoms with Crippen LogP contribution in [0.3, 0.4) is 0 Å². The van der Waals surface area contributed by atoms with Gasteiger partial charge in [0.15, 0.2) is 0 Å². The standard InChI is InChI=1S/C12H24NO3/c1-5-13(6-2,7-3)10(4)8-11-9-15-12(14)16-11/h10-11H,5-9H2,1-4H3/q+1. The fourth-order valence-corrected chi connectivity index (χ4v) is 2.69. The van der Waals surface area contributed by atoms with E-state index in [-0.39, 0.29) is 6.10 Å². The Balaban J connectivity index is 2.55. The number of hydrogen-bond acceptors (Lipinski definition) is 3. The first kappa shape index (κ1) is 13.3. The van der Waals surface area contributed by atoms with Crippen molar-refractivity contribution in [1.29, 1.82) is 0 Å². The predicted molar refractivity (Wildman–Crippen MR) is 62.2 cm³/mol. The Morgan fingerprint density at radius 3 is 2.25 bits per heavy atom. The molecule has 1 rings (SSSR count). The fourth-order valence-electron chi connectivity index (χ4n) is 2.69. The lowest BCUT2D eigenvalue weighted by atomic mass is 10.1. The average molecular weight is 230 g/mol. The van der Waals surface area contributed by atoms with Crippen LogP contribution in [0.1, 0.15) is 34.1 Å². The SMILES string of the molecule is CC[N+](CC)(CC)C(C)CC1COC(=O)O1. The second kappa shape index (κ2) is 5.53. The number of carbonyl (C=O) groups is 1. The molecule has 1 aliphatic rings. The number of hydrogen-bond donors (Lipinski definition) is 0. The third-order valence-electron chi connectivity index (χ3n) is 4.08. The van der Waals surface area contributed by atoms with Crippen molar-refractivity contribution in [1.82, 2.24) is 0 Å². The van der Waals surface area contributed by atoms with Gasteiger partial charge in [-0.25, -0.2) is 4.79 Å². The lowest BCUT2D eigenvalue weighted by Gasteiger charge is -2.42. The zero-order chi connectivity index (χ0) is 12.2. The van der Waals surface area contributed by atoms with Crippen molar-refractivity contribution < 1.29 is 18.8 Å². The highest BCUT2D eigenvalue weighted by molar-refractivity contribution is 5.61. The topological polar surface area (TPSA) is 35.5 Å². The molecule has 1 heterocycles. The van der Waals surface area contributed by atoms with Crippen LogP contribution in [0, 0.1) is 0 Å². The van der Waals surface area contributed by atoms with Gasteiger partial charge >= 0.3 is 6.16 Å². The molecule has 4 heteroatoms. The molecule has 1 fully saturated rings. The molecule has 2 atom stereocenters. The molecule has 0 aliphatic carbocycles. The van der Waals surface area contributed by atoms with E-state index in [4.69, 9.17) is 9.47 Å². The minimum atomic E-state index is -0.514. The highest BCUT2D eigenvalue weighted by atomic mass is 16.8. The minimum absolute atomic E-state index is 0.0513. The summed E-state index contributed by atoms with van der Waals surface area (Å²) in [5.74, 6) is 0. The summed E-state index contributed by atoms with van der Waals surface area (Å²) < 4.78 is 11.0. The van der Waals surface area contributed by atoms with E-state index in [0.717, 1.165) is 30.5 Å². The number of quaternary nitrogens is 1. The first-order valence-corrected chi connectivity index (χ1v) is 6.27. The van der Waals surface area contributed by atoms with Crippen LogP contribution in [0.25, 0.3) is 0 Å². The van der Waals surface area contributed by atoms with Gasteiger partial charge in [0.1, 0.15) is 12.7 Å². The van der Waals surface area contributed by atoms with E-state index in [1.54, 1.807) is 0 Å². The van der Waals surface area contributed by atoms with Crippen molar-refractivity contribution in [2.75, 3.05) is 26.2 Å². The lowest BCUT2D eigenvalue weighted by Crippen LogP contribution is -2.54. The third-order valence-corrected chi connectivity index (χ3v) is 4.08. The van der Waals surface area contributed by atoms with Gasteiger partial charge in [-0.2, -0.15) is 0 Å². The molecule has 0 bridgehead atoms. The Morgan fingerprint density at radius 1 is 1.31 bits per heavy atom. The van der Waals surface area contributed by atoms with E-state index in [1.165, 1.54) is 0 Å². The Labute approximate surface area is 98.1 Å². The quantitative estimate of drug-likeness (QED) is 0.518. The Bertz CT molecular complexity index is 230. The van der Waals surface area contributed by atoms with Crippen molar-refractivity contribution in [2.24, 2.45) is 0 Å². The predicted octanol–water partition coefficient (Wildman–Crippen LogP) is 2.18. The van der Waals surface area contributed by atoms with Crippen LogP contribution in [0.15, 0.2) is 0 Å². The molecule has 0 aromatic rings. The summed E-state index contributed by atoms with van der Waals surface area (Å²) >= 11 is 0. The van der Waals surface area contributed by atoms with Crippen LogP contribution in [0.2, 0.25) is 0 Å². The van der Waals surface area contributed by atoms with Crippen molar-refractivity contribution in [2.45, 2.75) is 46.3 Å². The molecular weight excluding hydrogens is 206 g/mol. The lowest BCUT2D eigenvalue weighted by molar-refractivity contribution is -0.945. The van der Waals surface area contributed by atoms with Gasteiger partial charge in [0.05, 0.1) is 25.7 Å². The molecule has 0 radical (unpaired) electrons. The molecule has 4 nitrogen and oxygen atoms in total. The summed E-state index contributed by atoms with van der Waals surface area (Å²) in [7, 11) is 0. The maximum Gasteiger partial charge on any atom is 0.508 e. The van der Waals surface area contributed by atoms with Gasteiger partial charge in [-0.15, -0.1) is 0 Å². The highest BCUT2D eigenvalue weighted by Crippen LogP contribution is 2.21. The van der Waals surface area contributed by atoms with Gasteiger partial charge in [0, 0.05) is 6.42 Å². The van der Waals surface area contributed by atoms with Crippen LogP contribution in [0.4, 0.5) is 4.79 Å². The summed E-state index contributed by atoms with van der Waals surface area (Å²) in [4.78, 5) is 10.8. The second-order valence-electron chi connectivity index (χ2n) is 4.55. The Hall–Kier alpha value is -0.770. The van der Waals surface area contributed by atoms with Crippen LogP contribution in [0.5, 0.6) is 0 Å². The monoisotopic (exact) mass is 230 g/mol. The molecule has 0 saturated carbocycles. The van der Waals surface area contributed by atoms with Crippen LogP contribution in [-0.4, -0.2) is 49.0 Å². The van der Waals surface area contributed by atoms with Gasteiger partial charge in [0.2, 0.25) is 0 Å². The smallest absolute Gasteiger partial charge is 0.430 e. The number of ether oxygens (including phenoxy) is 2. The highest BCUT2D eigenvalue weighted by Gasteiger charge is 2.34. The molecule has 0 amide bonds. The van der Waals surface area contributed by atoms with Crippen LogP contribution < -0.4 is 0 Å². The van der Waals surface area contributed by atoms with E-state index in [0.29, 0.717) is 12.6 Å². The van der Waals surface area contributed by atoms with Crippen LogP contribution >= 0.6 is 0 Å². The van der Waals surface area contributed by atoms with Gasteiger partial charge in [-0.1, -0.05) is 0 Å². The van der Waals surface area contributed by atoms with E-state index >= 15 is 0 Å². The number of rotatable bonds is 6. The van der Waals surface area contributed by atoms with E-state index in [9.17, 15) is 4.79 Å². The molecule has 0 aromatic carbocycles. The maximum absolute atomic E-state index is 10.8. The first-order chi connectivity index (χ1) is 7.57. The summed E-state index contributed by atoms with van der Waals surface area (Å²) in [5.41, 5.74) is 0. The molecule has 1 saturated heterocycles. The maximum atomic E-state index is 10.8. The molecule has 1 aliphatic heterocycles. The molecule has 0 aromatic heterocycles.